The number of carbonyl (C=O) groups excluding carboxylic acids is 5. The molecule has 0 aliphatic heterocycles. The lowest BCUT2D eigenvalue weighted by Gasteiger charge is -2.10. The third-order valence-electron chi connectivity index (χ3n) is 6.44. The predicted molar refractivity (Wildman–Crippen MR) is 165 cm³/mol. The minimum atomic E-state index is -0.186. The minimum Gasteiger partial charge on any atom is -0.369 e. The van der Waals surface area contributed by atoms with Gasteiger partial charge in [-0.1, -0.05) is 25.7 Å². The first kappa shape index (κ1) is 33.5. The number of ketones is 3. The molecule has 2 aromatic carbocycles. The smallest absolute Gasteiger partial charge is 0.224 e. The van der Waals surface area contributed by atoms with E-state index in [1.54, 1.807) is 37.3 Å². The first-order chi connectivity index (χ1) is 19.8. The molecule has 2 aromatic rings. The number of hydrogen-bond donors (Lipinski definition) is 4. The lowest BCUT2D eigenvalue weighted by molar-refractivity contribution is -0.117. The van der Waals surface area contributed by atoms with Gasteiger partial charge in [-0.15, -0.1) is 5.10 Å². The van der Waals surface area contributed by atoms with Crippen LogP contribution in [0, 0.1) is 0 Å². The van der Waals surface area contributed by atoms with Crippen molar-refractivity contribution in [3.8, 4) is 0 Å². The van der Waals surface area contributed by atoms with Gasteiger partial charge in [-0.25, -0.2) is 0 Å². The maximum atomic E-state index is 12.5. The second kappa shape index (κ2) is 16.6. The topological polar surface area (TPSA) is 186 Å². The van der Waals surface area contributed by atoms with Crippen molar-refractivity contribution in [2.45, 2.75) is 79.1 Å². The number of carbonyl (C=O) groups is 5. The Morgan fingerprint density at radius 2 is 0.905 bits per heavy atom. The monoisotopic (exact) mass is 576 g/mol. The van der Waals surface area contributed by atoms with Crippen LogP contribution in [0.15, 0.2) is 46.6 Å². The average molecular weight is 577 g/mol. The average Bonchev–Trinajstić information content (AvgIpc) is 2.92. The maximum Gasteiger partial charge on any atom is 0.224 e. The summed E-state index contributed by atoms with van der Waals surface area (Å²) in [6, 6.07) is 9.68. The SMILES string of the molecule is CC(=O)c1cc(NC(=O)CCCCCCCCC(=O)Nc2cc(C(C)=O)cc(C(C)=NN=C(N)N)c2)cc(C(C)=O)c1. The molecule has 0 saturated heterocycles. The van der Waals surface area contributed by atoms with Crippen LogP contribution in [0.1, 0.15) is 116 Å². The summed E-state index contributed by atoms with van der Waals surface area (Å²) in [7, 11) is 0. The zero-order chi connectivity index (χ0) is 31.2. The van der Waals surface area contributed by atoms with Gasteiger partial charge in [0.05, 0.1) is 5.71 Å². The van der Waals surface area contributed by atoms with Gasteiger partial charge in [-0.05, 0) is 76.9 Å². The normalized spacial score (nSPS) is 11.0. The molecular formula is C31H40N6O5. The minimum absolute atomic E-state index is 0.149. The molecule has 0 fully saturated rings. The largest absolute Gasteiger partial charge is 0.369 e. The molecule has 42 heavy (non-hydrogen) atoms. The fraction of sp³-hybridized carbons (Fsp3) is 0.387. The maximum absolute atomic E-state index is 12.5. The van der Waals surface area contributed by atoms with Crippen LogP contribution in [0.3, 0.4) is 0 Å². The van der Waals surface area contributed by atoms with Crippen molar-refractivity contribution in [3.05, 3.63) is 58.7 Å². The van der Waals surface area contributed by atoms with E-state index in [1.165, 1.54) is 26.8 Å². The molecule has 11 nitrogen and oxygen atoms in total. The molecule has 11 heteroatoms. The molecule has 224 valence electrons. The third-order valence-corrected chi connectivity index (χ3v) is 6.44. The Kier molecular flexibility index (Phi) is 13.2. The van der Waals surface area contributed by atoms with E-state index in [2.05, 4.69) is 20.8 Å². The fourth-order valence-electron chi connectivity index (χ4n) is 4.13. The first-order valence-electron chi connectivity index (χ1n) is 13.9. The molecule has 0 bridgehead atoms. The first-order valence-corrected chi connectivity index (χ1v) is 13.9. The molecule has 0 aliphatic rings. The molecule has 0 radical (unpaired) electrons. The Hall–Kier alpha value is -4.67. The summed E-state index contributed by atoms with van der Waals surface area (Å²) in [5.41, 5.74) is 13.9. The summed E-state index contributed by atoms with van der Waals surface area (Å²) >= 11 is 0. The van der Waals surface area contributed by atoms with Gasteiger partial charge < -0.3 is 22.1 Å². The van der Waals surface area contributed by atoms with E-state index in [-0.39, 0.29) is 35.1 Å². The molecule has 2 rings (SSSR count). The van der Waals surface area contributed by atoms with Crippen molar-refractivity contribution in [3.63, 3.8) is 0 Å². The lowest BCUT2D eigenvalue weighted by atomic mass is 10.0. The van der Waals surface area contributed by atoms with E-state index in [0.717, 1.165) is 25.7 Å². The van der Waals surface area contributed by atoms with Gasteiger partial charge in [0.1, 0.15) is 0 Å². The zero-order valence-corrected chi connectivity index (χ0v) is 24.7. The quantitative estimate of drug-likeness (QED) is 0.0712. The van der Waals surface area contributed by atoms with Crippen molar-refractivity contribution in [1.82, 2.24) is 0 Å². The van der Waals surface area contributed by atoms with Crippen LogP contribution < -0.4 is 22.1 Å². The number of nitrogens with one attached hydrogen (secondary N) is 2. The Balaban J connectivity index is 1.73. The second-order valence-corrected chi connectivity index (χ2v) is 10.2. The van der Waals surface area contributed by atoms with Crippen LogP contribution in [-0.2, 0) is 9.59 Å². The highest BCUT2D eigenvalue weighted by molar-refractivity contribution is 6.05. The number of guanidine groups is 1. The van der Waals surface area contributed by atoms with Crippen molar-refractivity contribution >= 4 is 52.2 Å². The number of nitrogens with zero attached hydrogens (tertiary/aromatic N) is 2. The number of rotatable bonds is 16. The second-order valence-electron chi connectivity index (χ2n) is 10.2. The molecule has 0 aromatic heterocycles. The highest BCUT2D eigenvalue weighted by atomic mass is 16.2. The molecule has 0 unspecified atom stereocenters. The van der Waals surface area contributed by atoms with Gasteiger partial charge >= 0.3 is 0 Å². The van der Waals surface area contributed by atoms with E-state index >= 15 is 0 Å². The van der Waals surface area contributed by atoms with Gasteiger partial charge in [-0.2, -0.15) is 5.10 Å². The predicted octanol–water partition coefficient (Wildman–Crippen LogP) is 4.99. The Morgan fingerprint density at radius 3 is 1.29 bits per heavy atom. The van der Waals surface area contributed by atoms with E-state index < -0.39 is 0 Å². The molecule has 0 aliphatic carbocycles. The Morgan fingerprint density at radius 1 is 0.548 bits per heavy atom. The summed E-state index contributed by atoms with van der Waals surface area (Å²) in [5, 5.41) is 13.2. The van der Waals surface area contributed by atoms with Crippen LogP contribution in [0.2, 0.25) is 0 Å². The number of unbranched alkanes of at least 4 members (excludes halogenated alkanes) is 5. The molecule has 0 spiro atoms. The van der Waals surface area contributed by atoms with Gasteiger partial charge in [-0.3, -0.25) is 24.0 Å². The van der Waals surface area contributed by atoms with Crippen LogP contribution >= 0.6 is 0 Å². The highest BCUT2D eigenvalue weighted by Gasteiger charge is 2.11. The summed E-state index contributed by atoms with van der Waals surface area (Å²) in [4.78, 5) is 60.3. The van der Waals surface area contributed by atoms with Gasteiger partial charge in [0.15, 0.2) is 17.3 Å². The van der Waals surface area contributed by atoms with E-state index in [9.17, 15) is 24.0 Å². The molecule has 0 heterocycles. The number of Topliss-reactive ketones (excluding diaryl/α,β-unsaturated/α-hetero) is 3. The lowest BCUT2D eigenvalue weighted by Crippen LogP contribution is -2.22. The highest BCUT2D eigenvalue weighted by Crippen LogP contribution is 2.19. The molecular weight excluding hydrogens is 536 g/mol. The van der Waals surface area contributed by atoms with Crippen molar-refractivity contribution in [1.29, 1.82) is 0 Å². The summed E-state index contributed by atoms with van der Waals surface area (Å²) < 4.78 is 0. The van der Waals surface area contributed by atoms with Crippen molar-refractivity contribution in [2.75, 3.05) is 10.6 Å². The number of anilines is 2. The van der Waals surface area contributed by atoms with E-state index in [0.29, 0.717) is 65.0 Å². The van der Waals surface area contributed by atoms with Crippen LogP contribution in [-0.4, -0.2) is 40.8 Å². The van der Waals surface area contributed by atoms with Gasteiger partial charge in [0, 0.05) is 46.5 Å². The number of amides is 2. The number of benzene rings is 2. The Bertz CT molecular complexity index is 1360. The molecule has 2 amide bonds. The fourth-order valence-corrected chi connectivity index (χ4v) is 4.13. The van der Waals surface area contributed by atoms with E-state index in [4.69, 9.17) is 11.5 Å². The molecule has 6 N–H and O–H groups in total. The standard InChI is InChI=1S/C31H40N6O5/c1-19(36-37-31(32)33)23-13-24(20(2)38)16-27(15-23)34-29(41)11-9-7-5-6-8-10-12-30(42)35-28-17-25(21(3)39)14-26(18-28)22(4)40/h13-18H,5-12H2,1-4H3,(H,34,41)(H,35,42)(H4,32,33,37). The number of hydrogen-bond acceptors (Lipinski definition) is 7. The zero-order valence-electron chi connectivity index (χ0n) is 24.7. The molecule has 0 saturated carbocycles. The number of nitrogens with two attached hydrogens (primary N) is 2. The Labute approximate surface area is 246 Å². The van der Waals surface area contributed by atoms with Crippen LogP contribution in [0.25, 0.3) is 0 Å². The van der Waals surface area contributed by atoms with Crippen LogP contribution in [0.4, 0.5) is 11.4 Å². The van der Waals surface area contributed by atoms with E-state index in [1.807, 2.05) is 0 Å². The van der Waals surface area contributed by atoms with Gasteiger partial charge in [0.2, 0.25) is 17.8 Å². The summed E-state index contributed by atoms with van der Waals surface area (Å²) in [5.74, 6) is -1.01. The molecule has 0 atom stereocenters. The third kappa shape index (κ3) is 11.8. The van der Waals surface area contributed by atoms with Gasteiger partial charge in [0.25, 0.3) is 0 Å². The summed E-state index contributed by atoms with van der Waals surface area (Å²) in [6.07, 6.45) is 5.69. The van der Waals surface area contributed by atoms with Crippen molar-refractivity contribution < 1.29 is 24.0 Å². The van der Waals surface area contributed by atoms with Crippen molar-refractivity contribution in [2.24, 2.45) is 21.7 Å². The van der Waals surface area contributed by atoms with Crippen LogP contribution in [0.5, 0.6) is 0 Å². The summed E-state index contributed by atoms with van der Waals surface area (Å²) in [6.45, 7) is 5.97.